The summed E-state index contributed by atoms with van der Waals surface area (Å²) in [7, 11) is 0. The lowest BCUT2D eigenvalue weighted by Gasteiger charge is -2.14. The van der Waals surface area contributed by atoms with Crippen molar-refractivity contribution in [3.63, 3.8) is 0 Å². The molecular weight excluding hydrogens is 364 g/mol. The fourth-order valence-electron chi connectivity index (χ4n) is 2.44. The molecule has 0 saturated carbocycles. The molecule has 2 aromatic carbocycles. The molecule has 1 aromatic heterocycles. The van der Waals surface area contributed by atoms with E-state index in [1.54, 1.807) is 18.7 Å². The number of anilines is 1. The van der Waals surface area contributed by atoms with E-state index in [0.29, 0.717) is 0 Å². The molecule has 0 spiro atoms. The molecule has 0 saturated heterocycles. The third kappa shape index (κ3) is 4.95. The zero-order valence-corrected chi connectivity index (χ0v) is 15.4. The fourth-order valence-corrected chi connectivity index (χ4v) is 3.36. The van der Waals surface area contributed by atoms with Gasteiger partial charge < -0.3 is 5.32 Å². The Morgan fingerprint density at radius 2 is 1.93 bits per heavy atom. The van der Waals surface area contributed by atoms with Crippen LogP contribution in [-0.4, -0.2) is 20.6 Å². The number of rotatable bonds is 7. The minimum absolute atomic E-state index is 0.0905. The van der Waals surface area contributed by atoms with Crippen molar-refractivity contribution in [1.82, 2.24) is 9.78 Å². The van der Waals surface area contributed by atoms with Crippen LogP contribution in [0.5, 0.6) is 0 Å². The number of carbonyl (C=O) groups is 1. The third-order valence-electron chi connectivity index (χ3n) is 3.85. The number of hydrogen-bond donors (Lipinski definition) is 1. The lowest BCUT2D eigenvalue weighted by molar-refractivity contribution is -0.385. The predicted molar refractivity (Wildman–Crippen MR) is 104 cm³/mol. The zero-order chi connectivity index (χ0) is 19.2. The topological polar surface area (TPSA) is 90.1 Å². The quantitative estimate of drug-likeness (QED) is 0.488. The van der Waals surface area contributed by atoms with Crippen molar-refractivity contribution in [2.75, 3.05) is 5.32 Å². The standard InChI is InChI=1S/C19H18N4O3S/c1-14(12-22-13-15(11-20-22)23(25)26)19(24)21-17-9-5-6-10-18(17)27-16-7-3-2-4-8-16/h2-11,13-14H,12H2,1H3,(H,21,24). The molecule has 1 amide bonds. The third-order valence-corrected chi connectivity index (χ3v) is 4.94. The molecule has 8 heteroatoms. The summed E-state index contributed by atoms with van der Waals surface area (Å²) in [6.45, 7) is 2.02. The fraction of sp³-hybridized carbons (Fsp3) is 0.158. The largest absolute Gasteiger partial charge is 0.325 e. The Morgan fingerprint density at radius 3 is 2.63 bits per heavy atom. The maximum atomic E-state index is 12.6. The highest BCUT2D eigenvalue weighted by atomic mass is 32.2. The van der Waals surface area contributed by atoms with E-state index in [1.807, 2.05) is 54.6 Å². The van der Waals surface area contributed by atoms with Gasteiger partial charge in [-0.15, -0.1) is 0 Å². The summed E-state index contributed by atoms with van der Waals surface area (Å²) in [5, 5.41) is 17.6. The van der Waals surface area contributed by atoms with Crippen LogP contribution >= 0.6 is 11.8 Å². The van der Waals surface area contributed by atoms with E-state index in [1.165, 1.54) is 17.1 Å². The van der Waals surface area contributed by atoms with Crippen LogP contribution in [0.1, 0.15) is 6.92 Å². The highest BCUT2D eigenvalue weighted by Gasteiger charge is 2.17. The van der Waals surface area contributed by atoms with Gasteiger partial charge >= 0.3 is 5.69 Å². The number of hydrogen-bond acceptors (Lipinski definition) is 5. The molecule has 7 nitrogen and oxygen atoms in total. The Morgan fingerprint density at radius 1 is 1.22 bits per heavy atom. The van der Waals surface area contributed by atoms with Crippen molar-refractivity contribution in [2.45, 2.75) is 23.3 Å². The predicted octanol–water partition coefficient (Wildman–Crippen LogP) is 4.22. The molecule has 0 aliphatic heterocycles. The summed E-state index contributed by atoms with van der Waals surface area (Å²) in [6, 6.07) is 17.5. The molecule has 1 atom stereocenters. The lowest BCUT2D eigenvalue weighted by Crippen LogP contribution is -2.24. The molecule has 27 heavy (non-hydrogen) atoms. The number of nitro groups is 1. The van der Waals surface area contributed by atoms with E-state index in [2.05, 4.69) is 10.4 Å². The van der Waals surface area contributed by atoms with Gasteiger partial charge in [0.05, 0.1) is 23.1 Å². The van der Waals surface area contributed by atoms with Crippen molar-refractivity contribution in [3.8, 4) is 0 Å². The first kappa shape index (κ1) is 18.7. The normalized spacial score (nSPS) is 11.7. The van der Waals surface area contributed by atoms with Gasteiger partial charge in [-0.05, 0) is 24.3 Å². The van der Waals surface area contributed by atoms with Gasteiger partial charge in [-0.25, -0.2) is 0 Å². The first-order chi connectivity index (χ1) is 13.0. The van der Waals surface area contributed by atoms with Gasteiger partial charge in [0.15, 0.2) is 0 Å². The Kier molecular flexibility index (Phi) is 5.87. The van der Waals surface area contributed by atoms with Gasteiger partial charge in [-0.3, -0.25) is 19.6 Å². The van der Waals surface area contributed by atoms with Gasteiger partial charge in [0.25, 0.3) is 0 Å². The van der Waals surface area contributed by atoms with Gasteiger partial charge in [0.2, 0.25) is 5.91 Å². The number of para-hydroxylation sites is 1. The Labute approximate surface area is 160 Å². The minimum Gasteiger partial charge on any atom is -0.325 e. The summed E-state index contributed by atoms with van der Waals surface area (Å²) in [4.78, 5) is 24.8. The van der Waals surface area contributed by atoms with Gasteiger partial charge in [0.1, 0.15) is 12.4 Å². The highest BCUT2D eigenvalue weighted by Crippen LogP contribution is 2.33. The van der Waals surface area contributed by atoms with E-state index in [0.717, 1.165) is 15.5 Å². The highest BCUT2D eigenvalue weighted by molar-refractivity contribution is 7.99. The Bertz CT molecular complexity index is 943. The number of aromatic nitrogens is 2. The van der Waals surface area contributed by atoms with Crippen LogP contribution in [0.2, 0.25) is 0 Å². The van der Waals surface area contributed by atoms with Gasteiger partial charge in [-0.1, -0.05) is 49.0 Å². The monoisotopic (exact) mass is 382 g/mol. The second-order valence-corrected chi connectivity index (χ2v) is 7.09. The van der Waals surface area contributed by atoms with E-state index >= 15 is 0 Å². The summed E-state index contributed by atoms with van der Waals surface area (Å²) in [5.41, 5.74) is 0.641. The van der Waals surface area contributed by atoms with Crippen LogP contribution in [0, 0.1) is 16.0 Å². The Hall–Kier alpha value is -3.13. The van der Waals surface area contributed by atoms with Crippen molar-refractivity contribution in [1.29, 1.82) is 0 Å². The SMILES string of the molecule is CC(Cn1cc([N+](=O)[O-])cn1)C(=O)Nc1ccccc1Sc1ccccc1. The maximum absolute atomic E-state index is 12.6. The molecule has 0 radical (unpaired) electrons. The number of benzene rings is 2. The summed E-state index contributed by atoms with van der Waals surface area (Å²) in [6.07, 6.45) is 2.50. The molecule has 1 N–H and O–H groups in total. The average Bonchev–Trinajstić information content (AvgIpc) is 3.13. The van der Waals surface area contributed by atoms with Crippen LogP contribution in [0.3, 0.4) is 0 Å². The van der Waals surface area contributed by atoms with Crippen LogP contribution < -0.4 is 5.32 Å². The number of amides is 1. The molecule has 0 bridgehead atoms. The van der Waals surface area contributed by atoms with Crippen molar-refractivity contribution in [3.05, 3.63) is 77.1 Å². The van der Waals surface area contributed by atoms with Crippen molar-refractivity contribution in [2.24, 2.45) is 5.92 Å². The summed E-state index contributed by atoms with van der Waals surface area (Å²) >= 11 is 1.57. The van der Waals surface area contributed by atoms with Crippen molar-refractivity contribution < 1.29 is 9.72 Å². The molecule has 0 fully saturated rings. The number of nitrogens with zero attached hydrogens (tertiary/aromatic N) is 3. The second-order valence-electron chi connectivity index (χ2n) is 5.98. The molecular formula is C19H18N4O3S. The van der Waals surface area contributed by atoms with Crippen LogP contribution in [0.25, 0.3) is 0 Å². The van der Waals surface area contributed by atoms with Crippen LogP contribution in [0.15, 0.2) is 76.8 Å². The summed E-state index contributed by atoms with van der Waals surface area (Å²) < 4.78 is 1.41. The molecule has 3 rings (SSSR count). The van der Waals surface area contributed by atoms with Gasteiger partial charge in [0, 0.05) is 9.79 Å². The van der Waals surface area contributed by atoms with E-state index < -0.39 is 10.8 Å². The van der Waals surface area contributed by atoms with E-state index in [4.69, 9.17) is 0 Å². The molecule has 138 valence electrons. The average molecular weight is 382 g/mol. The number of carbonyl (C=O) groups excluding carboxylic acids is 1. The summed E-state index contributed by atoms with van der Waals surface area (Å²) in [5.74, 6) is -0.575. The van der Waals surface area contributed by atoms with E-state index in [-0.39, 0.29) is 18.1 Å². The Balaban J connectivity index is 1.67. The first-order valence-corrected chi connectivity index (χ1v) is 9.14. The smallest absolute Gasteiger partial charge is 0.306 e. The molecule has 1 unspecified atom stereocenters. The molecule has 0 aliphatic carbocycles. The maximum Gasteiger partial charge on any atom is 0.306 e. The lowest BCUT2D eigenvalue weighted by atomic mass is 10.1. The van der Waals surface area contributed by atoms with Crippen molar-refractivity contribution >= 4 is 29.0 Å². The molecule has 3 aromatic rings. The minimum atomic E-state index is -0.509. The number of nitrogens with one attached hydrogen (secondary N) is 1. The van der Waals surface area contributed by atoms with E-state index in [9.17, 15) is 14.9 Å². The van der Waals surface area contributed by atoms with Gasteiger partial charge in [-0.2, -0.15) is 5.10 Å². The van der Waals surface area contributed by atoms with Crippen LogP contribution in [0.4, 0.5) is 11.4 Å². The first-order valence-electron chi connectivity index (χ1n) is 8.32. The zero-order valence-electron chi connectivity index (χ0n) is 14.6. The van der Waals surface area contributed by atoms with Crippen LogP contribution in [-0.2, 0) is 11.3 Å². The second kappa shape index (κ2) is 8.50. The molecule has 0 aliphatic rings. The molecule has 1 heterocycles.